The molecule has 10 nitrogen and oxygen atoms in total. The van der Waals surface area contributed by atoms with E-state index < -0.39 is 5.91 Å². The van der Waals surface area contributed by atoms with Crippen molar-refractivity contribution in [3.8, 4) is 34.5 Å². The van der Waals surface area contributed by atoms with E-state index in [4.69, 9.17) is 9.47 Å². The molecule has 2 heterocycles. The molecule has 0 spiro atoms. The van der Waals surface area contributed by atoms with Gasteiger partial charge in [0.15, 0.2) is 16.7 Å². The van der Waals surface area contributed by atoms with Gasteiger partial charge in [0.05, 0.1) is 25.5 Å². The van der Waals surface area contributed by atoms with Gasteiger partial charge in [-0.3, -0.25) is 9.36 Å². The number of carbonyl (C=O) groups excluding carboxylic acids is 1. The van der Waals surface area contributed by atoms with E-state index in [1.165, 1.54) is 11.8 Å². The van der Waals surface area contributed by atoms with Crippen molar-refractivity contribution < 1.29 is 19.4 Å². The predicted octanol–water partition coefficient (Wildman–Crippen LogP) is 5.54. The van der Waals surface area contributed by atoms with E-state index in [0.29, 0.717) is 27.6 Å². The minimum absolute atomic E-state index is 0.0243. The Morgan fingerprint density at radius 3 is 2.35 bits per heavy atom. The van der Waals surface area contributed by atoms with Crippen molar-refractivity contribution in [2.75, 3.05) is 20.0 Å². The first kappa shape index (κ1) is 24.1. The molecule has 0 radical (unpaired) electrons. The monoisotopic (exact) mass is 514 g/mol. The number of amides is 1. The first-order valence-electron chi connectivity index (χ1n) is 11.2. The molecule has 0 saturated carbocycles. The zero-order valence-corrected chi connectivity index (χ0v) is 20.8. The number of nitrogens with one attached hydrogen (secondary N) is 1. The summed E-state index contributed by atoms with van der Waals surface area (Å²) in [5.41, 5.74) is 2.56. The highest BCUT2D eigenvalue weighted by molar-refractivity contribution is 7.99. The van der Waals surface area contributed by atoms with Gasteiger partial charge >= 0.3 is 0 Å². The second-order valence-electron chi connectivity index (χ2n) is 7.82. The third-order valence-corrected chi connectivity index (χ3v) is 6.47. The first-order chi connectivity index (χ1) is 18.1. The number of ether oxygens (including phenoxy) is 2. The lowest BCUT2D eigenvalue weighted by Crippen LogP contribution is -2.02. The lowest BCUT2D eigenvalue weighted by molar-refractivity contribution is -0.115. The molecule has 186 valence electrons. The fraction of sp³-hybridized carbons (Fsp3) is 0.115. The molecular formula is C26H22N6O4S. The number of methoxy groups -OCH3 is 2. The summed E-state index contributed by atoms with van der Waals surface area (Å²) in [6.07, 6.45) is 0. The van der Waals surface area contributed by atoms with Crippen LogP contribution >= 0.6 is 11.8 Å². The Kier molecular flexibility index (Phi) is 6.86. The first-order valence-corrected chi connectivity index (χ1v) is 12.2. The summed E-state index contributed by atoms with van der Waals surface area (Å²) in [4.78, 5) is 15.4. The van der Waals surface area contributed by atoms with Crippen molar-refractivity contribution in [1.82, 2.24) is 19.7 Å². The van der Waals surface area contributed by atoms with Crippen LogP contribution in [0.3, 0.4) is 0 Å². The van der Waals surface area contributed by atoms with Crippen LogP contribution in [0.5, 0.6) is 17.4 Å². The van der Waals surface area contributed by atoms with Crippen molar-refractivity contribution in [3.05, 3.63) is 72.8 Å². The van der Waals surface area contributed by atoms with Gasteiger partial charge in [-0.15, -0.1) is 20.4 Å². The van der Waals surface area contributed by atoms with Crippen molar-refractivity contribution >= 4 is 34.3 Å². The lowest BCUT2D eigenvalue weighted by Gasteiger charge is -2.11. The maximum Gasteiger partial charge on any atom is 0.275 e. The number of thioether (sulfide) groups is 1. The summed E-state index contributed by atoms with van der Waals surface area (Å²) in [6.45, 7) is 0. The van der Waals surface area contributed by atoms with Crippen LogP contribution < -0.4 is 9.47 Å². The standard InChI is InChI=1S/C26H22N6O4S/c1-35-18-11-7-16(8-12-18)24-30-31-26(32(24)17-9-13-19(36-2)14-10-17)37-15-22(33)28-29-23-20-5-3-4-6-21(20)27-25(23)34/h3-14,27,34H,15H2,1-2H3. The molecule has 11 heteroatoms. The van der Waals surface area contributed by atoms with Gasteiger partial charge in [-0.1, -0.05) is 30.0 Å². The van der Waals surface area contributed by atoms with Gasteiger partial charge in [-0.2, -0.15) is 0 Å². The molecule has 0 aliphatic carbocycles. The number of carbonyl (C=O) groups is 1. The van der Waals surface area contributed by atoms with Crippen LogP contribution in [0.4, 0.5) is 5.69 Å². The zero-order valence-electron chi connectivity index (χ0n) is 20.0. The van der Waals surface area contributed by atoms with Crippen LogP contribution in [0.25, 0.3) is 28.0 Å². The molecule has 0 aliphatic rings. The molecule has 0 atom stereocenters. The zero-order chi connectivity index (χ0) is 25.8. The van der Waals surface area contributed by atoms with Gasteiger partial charge in [0.25, 0.3) is 5.91 Å². The molecule has 0 aliphatic heterocycles. The third kappa shape index (κ3) is 5.02. The fourth-order valence-electron chi connectivity index (χ4n) is 3.73. The van der Waals surface area contributed by atoms with Gasteiger partial charge in [-0.05, 0) is 54.6 Å². The van der Waals surface area contributed by atoms with Gasteiger partial charge in [0.2, 0.25) is 5.88 Å². The van der Waals surface area contributed by atoms with E-state index in [0.717, 1.165) is 17.0 Å². The SMILES string of the molecule is COc1ccc(-c2nnc(SCC(=O)N=Nc3c(O)[nH]c4ccccc34)n2-c2ccc(OC)cc2)cc1. The molecule has 0 unspecified atom stereocenters. The summed E-state index contributed by atoms with van der Waals surface area (Å²) >= 11 is 1.19. The highest BCUT2D eigenvalue weighted by Crippen LogP contribution is 2.35. The number of rotatable bonds is 8. The Bertz CT molecular complexity index is 1580. The van der Waals surface area contributed by atoms with E-state index in [2.05, 4.69) is 25.4 Å². The second kappa shape index (κ2) is 10.5. The van der Waals surface area contributed by atoms with E-state index in [1.807, 2.05) is 65.2 Å². The average Bonchev–Trinajstić information content (AvgIpc) is 3.51. The topological polar surface area (TPSA) is 127 Å². The van der Waals surface area contributed by atoms with Crippen LogP contribution in [0.15, 0.2) is 88.2 Å². The van der Waals surface area contributed by atoms with Gasteiger partial charge in [0.1, 0.15) is 11.5 Å². The maximum absolute atomic E-state index is 12.6. The van der Waals surface area contributed by atoms with Crippen LogP contribution in [0, 0.1) is 0 Å². The number of hydrogen-bond acceptors (Lipinski definition) is 8. The Hall–Kier alpha value is -4.64. The number of azo groups is 1. The Morgan fingerprint density at radius 2 is 1.65 bits per heavy atom. The van der Waals surface area contributed by atoms with E-state index >= 15 is 0 Å². The van der Waals surface area contributed by atoms with Crippen LogP contribution in [0.2, 0.25) is 0 Å². The third-order valence-electron chi connectivity index (χ3n) is 5.56. The second-order valence-corrected chi connectivity index (χ2v) is 8.76. The number of nitrogens with zero attached hydrogens (tertiary/aromatic N) is 5. The molecular weight excluding hydrogens is 492 g/mol. The number of aromatic amines is 1. The number of para-hydroxylation sites is 1. The Labute approximate surface area is 216 Å². The van der Waals surface area contributed by atoms with Crippen molar-refractivity contribution in [3.63, 3.8) is 0 Å². The number of fused-ring (bicyclic) bond motifs is 1. The quantitative estimate of drug-likeness (QED) is 0.206. The number of H-pyrrole nitrogens is 1. The molecule has 0 saturated heterocycles. The molecule has 2 N–H and O–H groups in total. The van der Waals surface area contributed by atoms with Crippen molar-refractivity contribution in [1.29, 1.82) is 0 Å². The number of aromatic nitrogens is 4. The van der Waals surface area contributed by atoms with E-state index in [1.54, 1.807) is 26.4 Å². The maximum atomic E-state index is 12.6. The molecule has 3 aromatic carbocycles. The van der Waals surface area contributed by atoms with Gasteiger partial charge < -0.3 is 19.6 Å². The fourth-order valence-corrected chi connectivity index (χ4v) is 4.46. The summed E-state index contributed by atoms with van der Waals surface area (Å²) < 4.78 is 12.4. The smallest absolute Gasteiger partial charge is 0.275 e. The van der Waals surface area contributed by atoms with Crippen molar-refractivity contribution in [2.24, 2.45) is 10.2 Å². The summed E-state index contributed by atoms with van der Waals surface area (Å²) in [5, 5.41) is 27.8. The molecule has 5 aromatic rings. The molecule has 37 heavy (non-hydrogen) atoms. The van der Waals surface area contributed by atoms with Crippen molar-refractivity contribution in [2.45, 2.75) is 5.16 Å². The Balaban J connectivity index is 1.40. The lowest BCUT2D eigenvalue weighted by atomic mass is 10.2. The molecule has 5 rings (SSSR count). The predicted molar refractivity (Wildman–Crippen MR) is 140 cm³/mol. The van der Waals surface area contributed by atoms with Gasteiger partial charge in [0, 0.05) is 16.6 Å². The highest BCUT2D eigenvalue weighted by atomic mass is 32.2. The van der Waals surface area contributed by atoms with E-state index in [-0.39, 0.29) is 17.3 Å². The molecule has 0 bridgehead atoms. The molecule has 0 fully saturated rings. The normalized spacial score (nSPS) is 11.3. The van der Waals surface area contributed by atoms with Gasteiger partial charge in [-0.25, -0.2) is 0 Å². The number of aromatic hydroxyl groups is 1. The highest BCUT2D eigenvalue weighted by Gasteiger charge is 2.18. The molecule has 1 amide bonds. The number of hydrogen-bond donors (Lipinski definition) is 2. The molecule has 2 aromatic heterocycles. The summed E-state index contributed by atoms with van der Waals surface area (Å²) in [5.74, 6) is 1.40. The van der Waals surface area contributed by atoms with Crippen LogP contribution in [-0.2, 0) is 4.79 Å². The minimum atomic E-state index is -0.482. The van der Waals surface area contributed by atoms with Crippen LogP contribution in [0.1, 0.15) is 0 Å². The van der Waals surface area contributed by atoms with E-state index in [9.17, 15) is 9.90 Å². The van der Waals surface area contributed by atoms with Crippen LogP contribution in [-0.4, -0.2) is 50.7 Å². The number of benzene rings is 3. The Morgan fingerprint density at radius 1 is 0.973 bits per heavy atom. The summed E-state index contributed by atoms with van der Waals surface area (Å²) in [7, 11) is 3.21. The minimum Gasteiger partial charge on any atom is -0.497 e. The largest absolute Gasteiger partial charge is 0.497 e. The summed E-state index contributed by atoms with van der Waals surface area (Å²) in [6, 6.07) is 22.2. The average molecular weight is 515 g/mol.